The molecule has 0 radical (unpaired) electrons. The Bertz CT molecular complexity index is 472. The van der Waals surface area contributed by atoms with E-state index in [0.29, 0.717) is 0 Å². The minimum atomic E-state index is 0.265. The van der Waals surface area contributed by atoms with Crippen LogP contribution in [0.25, 0.3) is 0 Å². The standard InChI is InChI=1S/C13H19N3S/c1-4-14-13(12-7-6-10(3)17-12)11-8-9-15-16(11)5-2/h6-9,13-14H,4-5H2,1-3H3. The van der Waals surface area contributed by atoms with Crippen molar-refractivity contribution in [2.45, 2.75) is 33.4 Å². The summed E-state index contributed by atoms with van der Waals surface area (Å²) in [7, 11) is 0. The van der Waals surface area contributed by atoms with E-state index in [0.717, 1.165) is 13.1 Å². The van der Waals surface area contributed by atoms with Gasteiger partial charge in [-0.2, -0.15) is 5.10 Å². The highest BCUT2D eigenvalue weighted by Crippen LogP contribution is 2.28. The van der Waals surface area contributed by atoms with Gasteiger partial charge in [-0.1, -0.05) is 6.92 Å². The summed E-state index contributed by atoms with van der Waals surface area (Å²) < 4.78 is 2.06. The van der Waals surface area contributed by atoms with E-state index < -0.39 is 0 Å². The molecule has 3 nitrogen and oxygen atoms in total. The van der Waals surface area contributed by atoms with Gasteiger partial charge in [-0.25, -0.2) is 0 Å². The van der Waals surface area contributed by atoms with E-state index in [1.165, 1.54) is 15.4 Å². The molecule has 0 bridgehead atoms. The highest BCUT2D eigenvalue weighted by molar-refractivity contribution is 7.12. The van der Waals surface area contributed by atoms with Gasteiger partial charge in [0.2, 0.25) is 0 Å². The molecule has 0 aliphatic heterocycles. The molecule has 1 N–H and O–H groups in total. The van der Waals surface area contributed by atoms with Crippen LogP contribution in [0.5, 0.6) is 0 Å². The Kier molecular flexibility index (Phi) is 3.97. The van der Waals surface area contributed by atoms with Crippen molar-refractivity contribution in [2.24, 2.45) is 0 Å². The van der Waals surface area contributed by atoms with Gasteiger partial charge < -0.3 is 5.32 Å². The molecule has 92 valence electrons. The first-order valence-corrected chi connectivity index (χ1v) is 6.89. The van der Waals surface area contributed by atoms with Crippen molar-refractivity contribution in [1.82, 2.24) is 15.1 Å². The van der Waals surface area contributed by atoms with Crippen molar-refractivity contribution in [3.63, 3.8) is 0 Å². The van der Waals surface area contributed by atoms with Crippen molar-refractivity contribution < 1.29 is 0 Å². The lowest BCUT2D eigenvalue weighted by molar-refractivity contribution is 0.547. The zero-order chi connectivity index (χ0) is 12.3. The molecule has 4 heteroatoms. The highest BCUT2D eigenvalue weighted by Gasteiger charge is 2.18. The minimum absolute atomic E-state index is 0.265. The monoisotopic (exact) mass is 249 g/mol. The molecule has 0 aliphatic carbocycles. The maximum absolute atomic E-state index is 4.35. The molecule has 0 aliphatic rings. The smallest absolute Gasteiger partial charge is 0.0841 e. The predicted molar refractivity (Wildman–Crippen MR) is 72.5 cm³/mol. The van der Waals surface area contributed by atoms with Crippen LogP contribution < -0.4 is 5.32 Å². The quantitative estimate of drug-likeness (QED) is 0.883. The average molecular weight is 249 g/mol. The number of aryl methyl sites for hydroxylation is 2. The molecule has 0 saturated carbocycles. The number of hydrogen-bond acceptors (Lipinski definition) is 3. The second kappa shape index (κ2) is 5.47. The molecule has 2 aromatic heterocycles. The number of nitrogens with one attached hydrogen (secondary N) is 1. The fourth-order valence-corrected chi connectivity index (χ4v) is 2.98. The summed E-state index contributed by atoms with van der Waals surface area (Å²) in [5, 5.41) is 7.89. The lowest BCUT2D eigenvalue weighted by Crippen LogP contribution is -2.24. The molecule has 0 spiro atoms. The van der Waals surface area contributed by atoms with Crippen LogP contribution in [0, 0.1) is 6.92 Å². The SMILES string of the molecule is CCNC(c1ccc(C)s1)c1ccnn1CC. The number of thiophene rings is 1. The van der Waals surface area contributed by atoms with Gasteiger partial charge in [-0.05, 0) is 38.6 Å². The topological polar surface area (TPSA) is 29.9 Å². The van der Waals surface area contributed by atoms with Crippen molar-refractivity contribution in [1.29, 1.82) is 0 Å². The lowest BCUT2D eigenvalue weighted by Gasteiger charge is -2.17. The molecule has 0 fully saturated rings. The van der Waals surface area contributed by atoms with Crippen molar-refractivity contribution in [2.75, 3.05) is 6.54 Å². The minimum Gasteiger partial charge on any atom is -0.305 e. The summed E-state index contributed by atoms with van der Waals surface area (Å²) in [6.45, 7) is 8.28. The first-order valence-electron chi connectivity index (χ1n) is 6.07. The van der Waals surface area contributed by atoms with E-state index in [4.69, 9.17) is 0 Å². The zero-order valence-electron chi connectivity index (χ0n) is 10.6. The van der Waals surface area contributed by atoms with Crippen LogP contribution in [0.15, 0.2) is 24.4 Å². The number of hydrogen-bond donors (Lipinski definition) is 1. The molecule has 0 saturated heterocycles. The van der Waals surface area contributed by atoms with Gasteiger partial charge >= 0.3 is 0 Å². The number of aromatic nitrogens is 2. The summed E-state index contributed by atoms with van der Waals surface area (Å²) in [4.78, 5) is 2.71. The molecular formula is C13H19N3S. The number of rotatable bonds is 5. The molecule has 2 aromatic rings. The Hall–Kier alpha value is -1.13. The molecular weight excluding hydrogens is 230 g/mol. The van der Waals surface area contributed by atoms with Gasteiger partial charge in [0, 0.05) is 22.5 Å². The van der Waals surface area contributed by atoms with Crippen LogP contribution >= 0.6 is 11.3 Å². The van der Waals surface area contributed by atoms with Crippen LogP contribution in [0.4, 0.5) is 0 Å². The number of nitrogens with zero attached hydrogens (tertiary/aromatic N) is 2. The van der Waals surface area contributed by atoms with E-state index in [-0.39, 0.29) is 6.04 Å². The molecule has 0 aromatic carbocycles. The van der Waals surface area contributed by atoms with Crippen LogP contribution in [0.3, 0.4) is 0 Å². The van der Waals surface area contributed by atoms with Gasteiger partial charge in [-0.15, -0.1) is 11.3 Å². The van der Waals surface area contributed by atoms with E-state index in [9.17, 15) is 0 Å². The van der Waals surface area contributed by atoms with Crippen LogP contribution in [-0.2, 0) is 6.54 Å². The summed E-state index contributed by atoms with van der Waals surface area (Å²) in [5.41, 5.74) is 1.25. The van der Waals surface area contributed by atoms with E-state index in [1.54, 1.807) is 0 Å². The third kappa shape index (κ3) is 2.58. The van der Waals surface area contributed by atoms with E-state index >= 15 is 0 Å². The maximum atomic E-state index is 4.35. The van der Waals surface area contributed by atoms with Crippen LogP contribution in [0.2, 0.25) is 0 Å². The zero-order valence-corrected chi connectivity index (χ0v) is 11.4. The molecule has 2 heterocycles. The van der Waals surface area contributed by atoms with Crippen LogP contribution in [-0.4, -0.2) is 16.3 Å². The molecule has 1 unspecified atom stereocenters. The molecule has 0 amide bonds. The Balaban J connectivity index is 2.35. The summed E-state index contributed by atoms with van der Waals surface area (Å²) in [6.07, 6.45) is 1.88. The highest BCUT2D eigenvalue weighted by atomic mass is 32.1. The Morgan fingerprint density at radius 3 is 2.76 bits per heavy atom. The second-order valence-corrected chi connectivity index (χ2v) is 5.33. The van der Waals surface area contributed by atoms with Gasteiger partial charge in [0.1, 0.15) is 0 Å². The Morgan fingerprint density at radius 2 is 2.18 bits per heavy atom. The largest absolute Gasteiger partial charge is 0.305 e. The lowest BCUT2D eigenvalue weighted by atomic mass is 10.1. The summed E-state index contributed by atoms with van der Waals surface area (Å²) in [6, 6.07) is 6.75. The van der Waals surface area contributed by atoms with Gasteiger partial charge in [0.15, 0.2) is 0 Å². The van der Waals surface area contributed by atoms with Gasteiger partial charge in [0.05, 0.1) is 11.7 Å². The van der Waals surface area contributed by atoms with Gasteiger partial charge in [-0.3, -0.25) is 4.68 Å². The first-order chi connectivity index (χ1) is 8.26. The Labute approximate surface area is 106 Å². The maximum Gasteiger partial charge on any atom is 0.0841 e. The van der Waals surface area contributed by atoms with Crippen LogP contribution in [0.1, 0.15) is 35.3 Å². The molecule has 1 atom stereocenters. The third-order valence-corrected chi connectivity index (χ3v) is 3.86. The normalized spacial score (nSPS) is 12.9. The third-order valence-electron chi connectivity index (χ3n) is 2.80. The van der Waals surface area contributed by atoms with E-state index in [2.05, 4.69) is 54.1 Å². The first kappa shape index (κ1) is 12.3. The predicted octanol–water partition coefficient (Wildman–Crippen LogP) is 2.97. The van der Waals surface area contributed by atoms with Crippen molar-refractivity contribution in [3.05, 3.63) is 39.8 Å². The summed E-state index contributed by atoms with van der Waals surface area (Å²) >= 11 is 1.85. The summed E-state index contributed by atoms with van der Waals surface area (Å²) in [5.74, 6) is 0. The average Bonchev–Trinajstić information content (AvgIpc) is 2.94. The van der Waals surface area contributed by atoms with Gasteiger partial charge in [0.25, 0.3) is 0 Å². The van der Waals surface area contributed by atoms with E-state index in [1.807, 2.05) is 17.5 Å². The fraction of sp³-hybridized carbons (Fsp3) is 0.462. The Morgan fingerprint density at radius 1 is 1.35 bits per heavy atom. The second-order valence-electron chi connectivity index (χ2n) is 4.01. The fourth-order valence-electron chi connectivity index (χ4n) is 2.02. The molecule has 2 rings (SSSR count). The van der Waals surface area contributed by atoms with Crippen molar-refractivity contribution >= 4 is 11.3 Å². The van der Waals surface area contributed by atoms with Crippen molar-refractivity contribution in [3.8, 4) is 0 Å². The molecule has 17 heavy (non-hydrogen) atoms.